The number of unbranched alkanes of at least 4 members (excludes halogenated alkanes) is 2. The molecule has 5 nitrogen and oxygen atoms in total. The van der Waals surface area contributed by atoms with Crippen molar-refractivity contribution < 1.29 is 19.5 Å². The molecule has 1 amide bonds. The quantitative estimate of drug-likeness (QED) is 0.347. The fraction of sp³-hybridized carbons (Fsp3) is 0.368. The van der Waals surface area contributed by atoms with Crippen LogP contribution in [0, 0.1) is 0 Å². The van der Waals surface area contributed by atoms with Crippen molar-refractivity contribution in [3.8, 4) is 0 Å². The first kappa shape index (κ1) is 17.9. The zero-order valence-electron chi connectivity index (χ0n) is 13.9. The highest BCUT2D eigenvalue weighted by atomic mass is 16.5. The highest BCUT2D eigenvalue weighted by Crippen LogP contribution is 2.17. The number of esters is 1. The van der Waals surface area contributed by atoms with Crippen LogP contribution in [-0.4, -0.2) is 29.3 Å². The molecule has 0 fully saturated rings. The fourth-order valence-corrected chi connectivity index (χ4v) is 2.55. The Kier molecular flexibility index (Phi) is 6.75. The van der Waals surface area contributed by atoms with Crippen LogP contribution in [0.15, 0.2) is 42.5 Å². The molecule has 2 rings (SSSR count). The maximum Gasteiger partial charge on any atom is 0.305 e. The third-order valence-corrected chi connectivity index (χ3v) is 3.93. The van der Waals surface area contributed by atoms with Gasteiger partial charge in [-0.2, -0.15) is 0 Å². The number of nitrogens with zero attached hydrogens (tertiary/aromatic N) is 1. The smallest absolute Gasteiger partial charge is 0.305 e. The first-order chi connectivity index (χ1) is 11.6. The fourth-order valence-electron chi connectivity index (χ4n) is 2.55. The Morgan fingerprint density at radius 2 is 1.71 bits per heavy atom. The molecule has 1 N–H and O–H groups in total. The van der Waals surface area contributed by atoms with Crippen LogP contribution < -0.4 is 0 Å². The Hall–Kier alpha value is -2.40. The molecule has 0 saturated heterocycles. The van der Waals surface area contributed by atoms with Gasteiger partial charge in [0, 0.05) is 12.8 Å². The second kappa shape index (κ2) is 9.03. The van der Waals surface area contributed by atoms with Crippen LogP contribution in [0.25, 0.3) is 10.8 Å². The van der Waals surface area contributed by atoms with E-state index in [1.165, 1.54) is 7.11 Å². The predicted molar refractivity (Wildman–Crippen MR) is 91.4 cm³/mol. The molecule has 0 atom stereocenters. The lowest BCUT2D eigenvalue weighted by Crippen LogP contribution is -2.26. The van der Waals surface area contributed by atoms with Crippen molar-refractivity contribution in [3.63, 3.8) is 0 Å². The number of carbonyl (C=O) groups excluding carboxylic acids is 2. The number of fused-ring (bicyclic) bond motifs is 1. The van der Waals surface area contributed by atoms with E-state index in [2.05, 4.69) is 4.74 Å². The molecule has 0 bridgehead atoms. The minimum Gasteiger partial charge on any atom is -0.469 e. The van der Waals surface area contributed by atoms with Gasteiger partial charge in [-0.25, -0.2) is 5.06 Å². The molecule has 2 aromatic rings. The topological polar surface area (TPSA) is 66.8 Å². The first-order valence-corrected chi connectivity index (χ1v) is 8.14. The van der Waals surface area contributed by atoms with Crippen molar-refractivity contribution in [3.05, 3.63) is 48.0 Å². The first-order valence-electron chi connectivity index (χ1n) is 8.14. The van der Waals surface area contributed by atoms with E-state index < -0.39 is 0 Å². The summed E-state index contributed by atoms with van der Waals surface area (Å²) in [5.41, 5.74) is 0.884. The van der Waals surface area contributed by atoms with Crippen molar-refractivity contribution in [1.29, 1.82) is 0 Å². The average molecular weight is 329 g/mol. The number of hydrogen-bond acceptors (Lipinski definition) is 4. The summed E-state index contributed by atoms with van der Waals surface area (Å²) >= 11 is 0. The van der Waals surface area contributed by atoms with E-state index in [4.69, 9.17) is 0 Å². The van der Waals surface area contributed by atoms with E-state index in [0.29, 0.717) is 19.3 Å². The molecule has 0 aliphatic heterocycles. The minimum atomic E-state index is -0.304. The number of hydrogen-bond donors (Lipinski definition) is 1. The minimum absolute atomic E-state index is 0.172. The molecule has 0 heterocycles. The summed E-state index contributed by atoms with van der Waals surface area (Å²) in [7, 11) is 1.36. The van der Waals surface area contributed by atoms with Gasteiger partial charge < -0.3 is 4.74 Å². The van der Waals surface area contributed by atoms with Crippen molar-refractivity contribution in [2.75, 3.05) is 7.11 Å². The Bertz CT molecular complexity index is 699. The molecule has 0 radical (unpaired) electrons. The number of ether oxygens (including phenoxy) is 1. The van der Waals surface area contributed by atoms with E-state index in [-0.39, 0.29) is 24.8 Å². The lowest BCUT2D eigenvalue weighted by molar-refractivity contribution is -0.168. The molecule has 0 unspecified atom stereocenters. The van der Waals surface area contributed by atoms with Crippen LogP contribution in [0.3, 0.4) is 0 Å². The van der Waals surface area contributed by atoms with E-state index in [0.717, 1.165) is 27.8 Å². The SMILES string of the molecule is COC(=O)CCCCCC(=O)N(O)Cc1ccc2ccccc2c1. The zero-order chi connectivity index (χ0) is 17.4. The van der Waals surface area contributed by atoms with Crippen LogP contribution in [0.2, 0.25) is 0 Å². The third-order valence-electron chi connectivity index (χ3n) is 3.93. The van der Waals surface area contributed by atoms with E-state index in [9.17, 15) is 14.8 Å². The normalized spacial score (nSPS) is 10.6. The number of methoxy groups -OCH3 is 1. The maximum atomic E-state index is 11.9. The summed E-state index contributed by atoms with van der Waals surface area (Å²) in [5.74, 6) is -0.539. The molecule has 128 valence electrons. The molecule has 0 aliphatic carbocycles. The standard InChI is InChI=1S/C19H23NO4/c1-24-19(22)10-4-2-3-9-18(21)20(23)14-15-11-12-16-7-5-6-8-17(16)13-15/h5-8,11-13,23H,2-4,9-10,14H2,1H3. The number of benzene rings is 2. The molecule has 0 spiro atoms. The highest BCUT2D eigenvalue weighted by Gasteiger charge is 2.11. The molecule has 5 heteroatoms. The van der Waals surface area contributed by atoms with Gasteiger partial charge in [-0.15, -0.1) is 0 Å². The highest BCUT2D eigenvalue weighted by molar-refractivity contribution is 5.83. The second-order valence-electron chi connectivity index (χ2n) is 5.77. The van der Waals surface area contributed by atoms with Gasteiger partial charge in [0.1, 0.15) is 0 Å². The molecule has 0 saturated carbocycles. The summed E-state index contributed by atoms with van der Waals surface area (Å²) < 4.78 is 4.56. The van der Waals surface area contributed by atoms with Gasteiger partial charge in [0.15, 0.2) is 0 Å². The Balaban J connectivity index is 1.77. The summed E-state index contributed by atoms with van der Waals surface area (Å²) in [6.07, 6.45) is 2.72. The van der Waals surface area contributed by atoms with E-state index >= 15 is 0 Å². The number of amides is 1. The summed E-state index contributed by atoms with van der Waals surface area (Å²) in [6, 6.07) is 13.8. The summed E-state index contributed by atoms with van der Waals surface area (Å²) in [5, 5.41) is 12.9. The summed E-state index contributed by atoms with van der Waals surface area (Å²) in [6.45, 7) is 0.172. The van der Waals surface area contributed by atoms with Crippen LogP contribution in [-0.2, 0) is 20.9 Å². The van der Waals surface area contributed by atoms with Gasteiger partial charge >= 0.3 is 5.97 Å². The largest absolute Gasteiger partial charge is 0.469 e. The van der Waals surface area contributed by atoms with Gasteiger partial charge in [0.25, 0.3) is 0 Å². The van der Waals surface area contributed by atoms with Gasteiger partial charge in [-0.3, -0.25) is 14.8 Å². The third kappa shape index (κ3) is 5.35. The molecular formula is C19H23NO4. The predicted octanol–water partition coefficient (Wildman–Crippen LogP) is 3.68. The van der Waals surface area contributed by atoms with Crippen LogP contribution in [0.5, 0.6) is 0 Å². The Morgan fingerprint density at radius 1 is 1.00 bits per heavy atom. The van der Waals surface area contributed by atoms with E-state index in [1.807, 2.05) is 42.5 Å². The van der Waals surface area contributed by atoms with Crippen molar-refractivity contribution in [2.45, 2.75) is 38.6 Å². The molecule has 24 heavy (non-hydrogen) atoms. The number of hydroxylamine groups is 2. The van der Waals surface area contributed by atoms with Gasteiger partial charge in [-0.1, -0.05) is 42.8 Å². The van der Waals surface area contributed by atoms with Crippen LogP contribution >= 0.6 is 0 Å². The Morgan fingerprint density at radius 3 is 2.46 bits per heavy atom. The lowest BCUT2D eigenvalue weighted by atomic mass is 10.1. The van der Waals surface area contributed by atoms with Crippen molar-refractivity contribution in [2.24, 2.45) is 0 Å². The molecule has 0 aliphatic rings. The van der Waals surface area contributed by atoms with Crippen LogP contribution in [0.1, 0.15) is 37.7 Å². The Labute approximate surface area is 141 Å². The number of carbonyl (C=O) groups is 2. The summed E-state index contributed by atoms with van der Waals surface area (Å²) in [4.78, 5) is 22.9. The average Bonchev–Trinajstić information content (AvgIpc) is 2.60. The van der Waals surface area contributed by atoms with Crippen molar-refractivity contribution >= 4 is 22.6 Å². The monoisotopic (exact) mass is 329 g/mol. The van der Waals surface area contributed by atoms with E-state index in [1.54, 1.807) is 0 Å². The lowest BCUT2D eigenvalue weighted by Gasteiger charge is -2.15. The van der Waals surface area contributed by atoms with Crippen molar-refractivity contribution in [1.82, 2.24) is 5.06 Å². The molecule has 0 aromatic heterocycles. The molecule has 2 aromatic carbocycles. The zero-order valence-corrected chi connectivity index (χ0v) is 13.9. The van der Waals surface area contributed by atoms with Crippen LogP contribution in [0.4, 0.5) is 0 Å². The second-order valence-corrected chi connectivity index (χ2v) is 5.77. The number of rotatable bonds is 8. The van der Waals surface area contributed by atoms with Gasteiger partial charge in [0.05, 0.1) is 13.7 Å². The molecular weight excluding hydrogens is 306 g/mol. The van der Waals surface area contributed by atoms with Gasteiger partial charge in [0.2, 0.25) is 5.91 Å². The van der Waals surface area contributed by atoms with Gasteiger partial charge in [-0.05, 0) is 35.2 Å². The maximum absolute atomic E-state index is 11.9.